The molecule has 1 fully saturated rings. The molecular formula is C9H15N3. The van der Waals surface area contributed by atoms with Gasteiger partial charge in [-0.05, 0) is 19.8 Å². The summed E-state index contributed by atoms with van der Waals surface area (Å²) in [5, 5.41) is 3.47. The Bertz CT molecular complexity index is 222. The zero-order valence-corrected chi connectivity index (χ0v) is 7.40. The van der Waals surface area contributed by atoms with Crippen molar-refractivity contribution in [1.29, 1.82) is 0 Å². The first-order valence-electron chi connectivity index (χ1n) is 4.57. The van der Waals surface area contributed by atoms with Crippen molar-refractivity contribution in [3.63, 3.8) is 0 Å². The lowest BCUT2D eigenvalue weighted by atomic mass is 10.0. The predicted molar refractivity (Wildman–Crippen MR) is 48.0 cm³/mol. The van der Waals surface area contributed by atoms with Gasteiger partial charge in [-0.25, -0.2) is 4.98 Å². The molecule has 2 rings (SSSR count). The second-order valence-corrected chi connectivity index (χ2v) is 3.55. The molecule has 2 heterocycles. The highest BCUT2D eigenvalue weighted by atomic mass is 15.1. The van der Waals surface area contributed by atoms with Crippen molar-refractivity contribution in [2.45, 2.75) is 31.8 Å². The summed E-state index contributed by atoms with van der Waals surface area (Å²) in [5.41, 5.74) is 0. The van der Waals surface area contributed by atoms with Crippen molar-refractivity contribution < 1.29 is 0 Å². The Kier molecular flexibility index (Phi) is 2.13. The summed E-state index contributed by atoms with van der Waals surface area (Å²) >= 11 is 0. The average Bonchev–Trinajstić information content (AvgIpc) is 2.58. The van der Waals surface area contributed by atoms with Crippen molar-refractivity contribution in [3.8, 4) is 0 Å². The number of piperidine rings is 1. The molecule has 1 aromatic heterocycles. The van der Waals surface area contributed by atoms with Gasteiger partial charge >= 0.3 is 0 Å². The molecule has 0 amide bonds. The number of imidazole rings is 1. The molecule has 3 nitrogen and oxygen atoms in total. The second-order valence-electron chi connectivity index (χ2n) is 3.55. The lowest BCUT2D eigenvalue weighted by Gasteiger charge is -2.28. The van der Waals surface area contributed by atoms with Crippen molar-refractivity contribution in [3.05, 3.63) is 18.7 Å². The van der Waals surface area contributed by atoms with E-state index in [1.165, 1.54) is 12.8 Å². The fraction of sp³-hybridized carbons (Fsp3) is 0.667. The summed E-state index contributed by atoms with van der Waals surface area (Å²) in [5.74, 6) is 0. The molecule has 3 heteroatoms. The minimum atomic E-state index is 0.615. The Hall–Kier alpha value is -0.830. The lowest BCUT2D eigenvalue weighted by Crippen LogP contribution is -2.37. The van der Waals surface area contributed by atoms with E-state index in [2.05, 4.69) is 21.8 Å². The van der Waals surface area contributed by atoms with Gasteiger partial charge in [-0.2, -0.15) is 0 Å². The molecule has 0 spiro atoms. The van der Waals surface area contributed by atoms with Gasteiger partial charge in [0.25, 0.3) is 0 Å². The van der Waals surface area contributed by atoms with E-state index in [1.54, 1.807) is 0 Å². The highest BCUT2D eigenvalue weighted by Gasteiger charge is 2.17. The van der Waals surface area contributed by atoms with Crippen LogP contribution in [0.5, 0.6) is 0 Å². The zero-order valence-electron chi connectivity index (χ0n) is 7.40. The van der Waals surface area contributed by atoms with Gasteiger partial charge < -0.3 is 9.88 Å². The van der Waals surface area contributed by atoms with Crippen molar-refractivity contribution in [2.75, 3.05) is 6.54 Å². The molecule has 1 saturated heterocycles. The quantitative estimate of drug-likeness (QED) is 0.677. The van der Waals surface area contributed by atoms with E-state index in [0.717, 1.165) is 6.54 Å². The van der Waals surface area contributed by atoms with Gasteiger partial charge in [-0.1, -0.05) is 0 Å². The molecule has 0 saturated carbocycles. The maximum atomic E-state index is 4.05. The van der Waals surface area contributed by atoms with E-state index in [0.29, 0.717) is 12.1 Å². The topological polar surface area (TPSA) is 29.9 Å². The van der Waals surface area contributed by atoms with Gasteiger partial charge in [0.2, 0.25) is 0 Å². The summed E-state index contributed by atoms with van der Waals surface area (Å²) in [6, 6.07) is 1.30. The second kappa shape index (κ2) is 3.27. The summed E-state index contributed by atoms with van der Waals surface area (Å²) in [6.07, 6.45) is 8.33. The first-order chi connectivity index (χ1) is 5.86. The predicted octanol–water partition coefficient (Wildman–Crippen LogP) is 1.20. The van der Waals surface area contributed by atoms with Crippen LogP contribution < -0.4 is 5.32 Å². The third-order valence-corrected chi connectivity index (χ3v) is 2.58. The highest BCUT2D eigenvalue weighted by Crippen LogP contribution is 2.18. The van der Waals surface area contributed by atoms with Crippen LogP contribution in [0.1, 0.15) is 25.8 Å². The minimum absolute atomic E-state index is 0.615. The number of nitrogens with zero attached hydrogens (tertiary/aromatic N) is 2. The number of hydrogen-bond acceptors (Lipinski definition) is 2. The van der Waals surface area contributed by atoms with Crippen LogP contribution in [0.15, 0.2) is 18.7 Å². The number of nitrogens with one attached hydrogen (secondary N) is 1. The van der Waals surface area contributed by atoms with Crippen LogP contribution in [0.25, 0.3) is 0 Å². The summed E-state index contributed by atoms with van der Waals surface area (Å²) < 4.78 is 2.19. The largest absolute Gasteiger partial charge is 0.333 e. The first-order valence-corrected chi connectivity index (χ1v) is 4.57. The Morgan fingerprint density at radius 2 is 2.42 bits per heavy atom. The van der Waals surface area contributed by atoms with Crippen LogP contribution in [-0.4, -0.2) is 22.1 Å². The van der Waals surface area contributed by atoms with Gasteiger partial charge in [-0.3, -0.25) is 0 Å². The van der Waals surface area contributed by atoms with Gasteiger partial charge in [-0.15, -0.1) is 0 Å². The maximum Gasteiger partial charge on any atom is 0.0948 e. The Morgan fingerprint density at radius 1 is 1.50 bits per heavy atom. The van der Waals surface area contributed by atoms with Crippen LogP contribution in [0.4, 0.5) is 0 Å². The molecule has 1 N–H and O–H groups in total. The normalized spacial score (nSPS) is 30.4. The van der Waals surface area contributed by atoms with Crippen molar-refractivity contribution in [2.24, 2.45) is 0 Å². The highest BCUT2D eigenvalue weighted by molar-refractivity contribution is 4.85. The minimum Gasteiger partial charge on any atom is -0.333 e. The van der Waals surface area contributed by atoms with E-state index < -0.39 is 0 Å². The Labute approximate surface area is 72.8 Å². The molecule has 0 radical (unpaired) electrons. The standard InChI is InChI=1S/C9H15N3/c1-8-2-3-9(6-11-8)12-5-4-10-7-12/h4-5,7-9,11H,2-3,6H2,1H3. The molecule has 2 atom stereocenters. The van der Waals surface area contributed by atoms with E-state index >= 15 is 0 Å². The molecular weight excluding hydrogens is 150 g/mol. The molecule has 12 heavy (non-hydrogen) atoms. The molecule has 2 unspecified atom stereocenters. The van der Waals surface area contributed by atoms with E-state index in [4.69, 9.17) is 0 Å². The molecule has 1 aliphatic rings. The summed E-state index contributed by atoms with van der Waals surface area (Å²) in [7, 11) is 0. The van der Waals surface area contributed by atoms with Gasteiger partial charge in [0, 0.05) is 31.0 Å². The Morgan fingerprint density at radius 3 is 3.00 bits per heavy atom. The van der Waals surface area contributed by atoms with Gasteiger partial charge in [0.15, 0.2) is 0 Å². The van der Waals surface area contributed by atoms with Crippen LogP contribution >= 0.6 is 0 Å². The number of hydrogen-bond donors (Lipinski definition) is 1. The van der Waals surface area contributed by atoms with Gasteiger partial charge in [0.1, 0.15) is 0 Å². The summed E-state index contributed by atoms with van der Waals surface area (Å²) in [4.78, 5) is 4.05. The monoisotopic (exact) mass is 165 g/mol. The molecule has 1 aromatic rings. The van der Waals surface area contributed by atoms with Crippen LogP contribution in [0.2, 0.25) is 0 Å². The molecule has 1 aliphatic heterocycles. The molecule has 0 aliphatic carbocycles. The summed E-state index contributed by atoms with van der Waals surface area (Å²) in [6.45, 7) is 3.32. The number of aromatic nitrogens is 2. The van der Waals surface area contributed by atoms with E-state index in [9.17, 15) is 0 Å². The average molecular weight is 165 g/mol. The number of rotatable bonds is 1. The SMILES string of the molecule is CC1CCC(n2ccnc2)CN1. The van der Waals surface area contributed by atoms with E-state index in [-0.39, 0.29) is 0 Å². The van der Waals surface area contributed by atoms with E-state index in [1.807, 2.05) is 18.7 Å². The zero-order chi connectivity index (χ0) is 8.39. The lowest BCUT2D eigenvalue weighted by molar-refractivity contribution is 0.321. The fourth-order valence-electron chi connectivity index (χ4n) is 1.72. The molecule has 0 aromatic carbocycles. The maximum absolute atomic E-state index is 4.05. The third-order valence-electron chi connectivity index (χ3n) is 2.58. The molecule has 66 valence electrons. The third kappa shape index (κ3) is 1.50. The molecule has 0 bridgehead atoms. The Balaban J connectivity index is 1.99. The van der Waals surface area contributed by atoms with Crippen LogP contribution in [-0.2, 0) is 0 Å². The van der Waals surface area contributed by atoms with Crippen LogP contribution in [0.3, 0.4) is 0 Å². The smallest absolute Gasteiger partial charge is 0.0948 e. The van der Waals surface area contributed by atoms with Crippen molar-refractivity contribution in [1.82, 2.24) is 14.9 Å². The van der Waals surface area contributed by atoms with Crippen LogP contribution in [0, 0.1) is 0 Å². The van der Waals surface area contributed by atoms with Crippen molar-refractivity contribution >= 4 is 0 Å². The fourth-order valence-corrected chi connectivity index (χ4v) is 1.72. The van der Waals surface area contributed by atoms with Gasteiger partial charge in [0.05, 0.1) is 6.33 Å². The first kappa shape index (κ1) is 7.80.